The van der Waals surface area contributed by atoms with Gasteiger partial charge in [-0.3, -0.25) is 0 Å². The fourth-order valence-electron chi connectivity index (χ4n) is 2.46. The minimum Gasteiger partial charge on any atom is -0.207 e. The normalized spacial score (nSPS) is 15.7. The van der Waals surface area contributed by atoms with Crippen molar-refractivity contribution in [2.45, 2.75) is 17.9 Å². The molecule has 0 amide bonds. The van der Waals surface area contributed by atoms with Gasteiger partial charge in [-0.2, -0.15) is 4.31 Å². The van der Waals surface area contributed by atoms with Gasteiger partial charge in [-0.1, -0.05) is 22.0 Å². The molecule has 1 aliphatic rings. The molecule has 0 unspecified atom stereocenters. The summed E-state index contributed by atoms with van der Waals surface area (Å²) in [6.07, 6.45) is 0.684. The Kier molecular flexibility index (Phi) is 3.86. The zero-order chi connectivity index (χ0) is 15.0. The summed E-state index contributed by atoms with van der Waals surface area (Å²) in [4.78, 5) is 0.127. The van der Waals surface area contributed by atoms with E-state index in [2.05, 4.69) is 15.9 Å². The maximum absolute atomic E-state index is 12.9. The molecule has 6 heteroatoms. The monoisotopic (exact) mass is 369 g/mol. The average Bonchev–Trinajstić information content (AvgIpc) is 2.47. The van der Waals surface area contributed by atoms with Crippen LogP contribution in [0, 0.1) is 5.82 Å². The van der Waals surface area contributed by atoms with Crippen LogP contribution in [0.2, 0.25) is 0 Å². The third-order valence-electron chi connectivity index (χ3n) is 3.60. The van der Waals surface area contributed by atoms with Crippen LogP contribution in [-0.4, -0.2) is 19.3 Å². The van der Waals surface area contributed by atoms with E-state index in [0.29, 0.717) is 19.5 Å². The summed E-state index contributed by atoms with van der Waals surface area (Å²) in [5.74, 6) is -0.443. The van der Waals surface area contributed by atoms with E-state index >= 15 is 0 Å². The first-order valence-corrected chi connectivity index (χ1v) is 8.73. The molecule has 3 nitrogen and oxygen atoms in total. The standard InChI is InChI=1S/C15H13BrFNO2S/c16-13-2-1-11-7-8-18(10-12(11)9-13)21(19,20)15-5-3-14(17)4-6-15/h1-6,9H,7-8,10H2. The van der Waals surface area contributed by atoms with Crippen LogP contribution >= 0.6 is 15.9 Å². The van der Waals surface area contributed by atoms with Crippen LogP contribution in [-0.2, 0) is 23.0 Å². The maximum atomic E-state index is 12.9. The third kappa shape index (κ3) is 2.88. The number of hydrogen-bond donors (Lipinski definition) is 0. The highest BCUT2D eigenvalue weighted by Gasteiger charge is 2.28. The van der Waals surface area contributed by atoms with E-state index in [1.807, 2.05) is 18.2 Å². The quantitative estimate of drug-likeness (QED) is 0.813. The molecule has 2 aromatic rings. The molecule has 0 bridgehead atoms. The van der Waals surface area contributed by atoms with Crippen molar-refractivity contribution in [3.8, 4) is 0 Å². The van der Waals surface area contributed by atoms with Gasteiger partial charge in [0.05, 0.1) is 4.90 Å². The number of sulfonamides is 1. The molecule has 0 saturated heterocycles. The van der Waals surface area contributed by atoms with Crippen LogP contribution in [0.4, 0.5) is 4.39 Å². The molecule has 0 saturated carbocycles. The number of halogens is 2. The number of nitrogens with zero attached hydrogens (tertiary/aromatic N) is 1. The van der Waals surface area contributed by atoms with Crippen LogP contribution in [0.15, 0.2) is 51.8 Å². The Morgan fingerprint density at radius 3 is 2.48 bits per heavy atom. The Bertz CT molecular complexity index is 775. The van der Waals surface area contributed by atoms with Crippen molar-refractivity contribution < 1.29 is 12.8 Å². The summed E-state index contributed by atoms with van der Waals surface area (Å²) >= 11 is 3.40. The lowest BCUT2D eigenvalue weighted by Gasteiger charge is -2.28. The van der Waals surface area contributed by atoms with Crippen LogP contribution in [0.5, 0.6) is 0 Å². The first-order chi connectivity index (χ1) is 9.96. The average molecular weight is 370 g/mol. The second-order valence-corrected chi connectivity index (χ2v) is 7.81. The maximum Gasteiger partial charge on any atom is 0.243 e. The molecular weight excluding hydrogens is 357 g/mol. The molecule has 0 radical (unpaired) electrons. The van der Waals surface area contributed by atoms with Crippen LogP contribution in [0.3, 0.4) is 0 Å². The van der Waals surface area contributed by atoms with E-state index in [9.17, 15) is 12.8 Å². The molecule has 0 atom stereocenters. The van der Waals surface area contributed by atoms with Gasteiger partial charge in [0, 0.05) is 17.6 Å². The van der Waals surface area contributed by atoms with Crippen molar-refractivity contribution in [1.29, 1.82) is 0 Å². The Balaban J connectivity index is 1.93. The summed E-state index contributed by atoms with van der Waals surface area (Å²) in [6, 6.07) is 10.9. The Morgan fingerprint density at radius 2 is 1.76 bits per heavy atom. The largest absolute Gasteiger partial charge is 0.243 e. The summed E-state index contributed by atoms with van der Waals surface area (Å²) in [6.45, 7) is 0.781. The summed E-state index contributed by atoms with van der Waals surface area (Å²) < 4.78 is 40.5. The van der Waals surface area contributed by atoms with Gasteiger partial charge in [-0.25, -0.2) is 12.8 Å². The Morgan fingerprint density at radius 1 is 1.05 bits per heavy atom. The Labute approximate surface area is 131 Å². The molecule has 0 N–H and O–H groups in total. The van der Waals surface area contributed by atoms with Crippen molar-refractivity contribution in [1.82, 2.24) is 4.31 Å². The lowest BCUT2D eigenvalue weighted by Crippen LogP contribution is -2.35. The molecule has 3 rings (SSSR count). The lowest BCUT2D eigenvalue weighted by molar-refractivity contribution is 0.391. The zero-order valence-electron chi connectivity index (χ0n) is 11.1. The predicted octanol–water partition coefficient (Wildman–Crippen LogP) is 3.34. The van der Waals surface area contributed by atoms with Crippen molar-refractivity contribution in [3.63, 3.8) is 0 Å². The molecule has 0 aliphatic carbocycles. The summed E-state index contributed by atoms with van der Waals surface area (Å²) in [5, 5.41) is 0. The second-order valence-electron chi connectivity index (χ2n) is 4.96. The fraction of sp³-hybridized carbons (Fsp3) is 0.200. The fourth-order valence-corrected chi connectivity index (χ4v) is 4.29. The summed E-state index contributed by atoms with van der Waals surface area (Å²) in [7, 11) is -3.58. The van der Waals surface area contributed by atoms with Gasteiger partial charge in [0.1, 0.15) is 5.82 Å². The highest BCUT2D eigenvalue weighted by molar-refractivity contribution is 9.10. The number of rotatable bonds is 2. The highest BCUT2D eigenvalue weighted by Crippen LogP contribution is 2.27. The molecule has 0 aromatic heterocycles. The van der Waals surface area contributed by atoms with Crippen molar-refractivity contribution in [2.24, 2.45) is 0 Å². The van der Waals surface area contributed by atoms with E-state index in [1.165, 1.54) is 34.1 Å². The lowest BCUT2D eigenvalue weighted by atomic mass is 10.0. The first kappa shape index (κ1) is 14.7. The van der Waals surface area contributed by atoms with E-state index in [1.54, 1.807) is 0 Å². The van der Waals surface area contributed by atoms with Crippen LogP contribution in [0.1, 0.15) is 11.1 Å². The minimum absolute atomic E-state index is 0.127. The second kappa shape index (κ2) is 5.51. The topological polar surface area (TPSA) is 37.4 Å². The molecule has 110 valence electrons. The molecule has 2 aromatic carbocycles. The van der Waals surface area contributed by atoms with Gasteiger partial charge in [-0.05, 0) is 53.9 Å². The Hall–Kier alpha value is -1.24. The molecular formula is C15H13BrFNO2S. The predicted molar refractivity (Wildman–Crippen MR) is 81.8 cm³/mol. The number of benzene rings is 2. The molecule has 1 heterocycles. The third-order valence-corrected chi connectivity index (χ3v) is 5.95. The van der Waals surface area contributed by atoms with E-state index in [4.69, 9.17) is 0 Å². The van der Waals surface area contributed by atoms with E-state index in [0.717, 1.165) is 10.0 Å². The van der Waals surface area contributed by atoms with Gasteiger partial charge in [0.15, 0.2) is 0 Å². The van der Waals surface area contributed by atoms with Gasteiger partial charge < -0.3 is 0 Å². The minimum atomic E-state index is -3.58. The van der Waals surface area contributed by atoms with Gasteiger partial charge in [-0.15, -0.1) is 0 Å². The summed E-state index contributed by atoms with van der Waals surface area (Å²) in [5.41, 5.74) is 2.17. The molecule has 0 spiro atoms. The van der Waals surface area contributed by atoms with Crippen molar-refractivity contribution >= 4 is 26.0 Å². The van der Waals surface area contributed by atoms with E-state index in [-0.39, 0.29) is 4.90 Å². The smallest absolute Gasteiger partial charge is 0.207 e. The van der Waals surface area contributed by atoms with Crippen molar-refractivity contribution in [2.75, 3.05) is 6.54 Å². The SMILES string of the molecule is O=S(=O)(c1ccc(F)cc1)N1CCc2ccc(Br)cc2C1. The first-order valence-electron chi connectivity index (χ1n) is 6.50. The number of fused-ring (bicyclic) bond motifs is 1. The molecule has 0 fully saturated rings. The van der Waals surface area contributed by atoms with Gasteiger partial charge in [0.25, 0.3) is 0 Å². The van der Waals surface area contributed by atoms with Crippen molar-refractivity contribution in [3.05, 3.63) is 63.9 Å². The molecule has 21 heavy (non-hydrogen) atoms. The van der Waals surface area contributed by atoms with E-state index < -0.39 is 15.8 Å². The highest BCUT2D eigenvalue weighted by atomic mass is 79.9. The van der Waals surface area contributed by atoms with Gasteiger partial charge >= 0.3 is 0 Å². The zero-order valence-corrected chi connectivity index (χ0v) is 13.5. The van der Waals surface area contributed by atoms with Gasteiger partial charge in [0.2, 0.25) is 10.0 Å². The number of hydrogen-bond acceptors (Lipinski definition) is 2. The molecule has 1 aliphatic heterocycles. The van der Waals surface area contributed by atoms with Crippen LogP contribution < -0.4 is 0 Å². The van der Waals surface area contributed by atoms with Crippen LogP contribution in [0.25, 0.3) is 0 Å².